The zero-order valence-electron chi connectivity index (χ0n) is 16.1. The lowest BCUT2D eigenvalue weighted by atomic mass is 10.1. The minimum absolute atomic E-state index is 0.0131. The van der Waals surface area contributed by atoms with Gasteiger partial charge < -0.3 is 4.43 Å². The van der Waals surface area contributed by atoms with Crippen molar-refractivity contribution >= 4 is 19.2 Å². The van der Waals surface area contributed by atoms with Gasteiger partial charge in [0.05, 0.1) is 23.3 Å². The standard InChI is InChI=1S/C20H30N2O2Si/c1-7-16(11-10-14-24-25(5,6)20(2,3)4)22-15-21-18-13-9-8-12-17(18)19(22)23/h7-9,12-13,15-16H,1,10-11,14H2,2-6H3/t16-/m0/s1. The van der Waals surface area contributed by atoms with Crippen molar-refractivity contribution in [1.29, 1.82) is 0 Å². The van der Waals surface area contributed by atoms with E-state index >= 15 is 0 Å². The molecule has 2 aromatic rings. The Balaban J connectivity index is 2.05. The van der Waals surface area contributed by atoms with Crippen LogP contribution in [0.1, 0.15) is 39.7 Å². The van der Waals surface area contributed by atoms with Crippen molar-refractivity contribution in [3.8, 4) is 0 Å². The first-order valence-corrected chi connectivity index (χ1v) is 11.8. The Bertz CT molecular complexity index is 790. The highest BCUT2D eigenvalue weighted by molar-refractivity contribution is 6.74. The van der Waals surface area contributed by atoms with E-state index in [0.29, 0.717) is 5.39 Å². The fraction of sp³-hybridized carbons (Fsp3) is 0.500. The number of nitrogens with zero attached hydrogens (tertiary/aromatic N) is 2. The molecule has 0 saturated carbocycles. The van der Waals surface area contributed by atoms with Crippen LogP contribution in [0, 0.1) is 0 Å². The monoisotopic (exact) mass is 358 g/mol. The Morgan fingerprint density at radius 1 is 1.32 bits per heavy atom. The first-order valence-electron chi connectivity index (χ1n) is 8.90. The van der Waals surface area contributed by atoms with Gasteiger partial charge in [-0.3, -0.25) is 9.36 Å². The number of benzene rings is 1. The van der Waals surface area contributed by atoms with Gasteiger partial charge in [0.25, 0.3) is 5.56 Å². The molecule has 25 heavy (non-hydrogen) atoms. The first-order chi connectivity index (χ1) is 11.7. The summed E-state index contributed by atoms with van der Waals surface area (Å²) in [5, 5.41) is 0.860. The third-order valence-electron chi connectivity index (χ3n) is 5.23. The van der Waals surface area contributed by atoms with Gasteiger partial charge in [-0.05, 0) is 43.1 Å². The average molecular weight is 359 g/mol. The Hall–Kier alpha value is -1.72. The van der Waals surface area contributed by atoms with E-state index in [1.807, 2.05) is 30.3 Å². The largest absolute Gasteiger partial charge is 0.417 e. The summed E-state index contributed by atoms with van der Waals surface area (Å²) in [5.74, 6) is 0. The predicted octanol–water partition coefficient (Wildman–Crippen LogP) is 4.93. The van der Waals surface area contributed by atoms with Crippen molar-refractivity contribution in [2.45, 2.75) is 57.8 Å². The van der Waals surface area contributed by atoms with Crippen LogP contribution in [0.25, 0.3) is 10.9 Å². The Kier molecular flexibility index (Phi) is 6.01. The second-order valence-corrected chi connectivity index (χ2v) is 12.8. The van der Waals surface area contributed by atoms with Gasteiger partial charge in [0, 0.05) is 6.61 Å². The third kappa shape index (κ3) is 4.47. The maximum Gasteiger partial charge on any atom is 0.261 e. The van der Waals surface area contributed by atoms with E-state index in [1.54, 1.807) is 10.9 Å². The van der Waals surface area contributed by atoms with Crippen molar-refractivity contribution in [3.05, 3.63) is 53.6 Å². The lowest BCUT2D eigenvalue weighted by Crippen LogP contribution is -2.41. The lowest BCUT2D eigenvalue weighted by molar-refractivity contribution is 0.272. The summed E-state index contributed by atoms with van der Waals surface area (Å²) in [6.45, 7) is 15.9. The van der Waals surface area contributed by atoms with E-state index in [-0.39, 0.29) is 16.6 Å². The number of para-hydroxylation sites is 1. The zero-order chi connectivity index (χ0) is 18.7. The second-order valence-electron chi connectivity index (χ2n) is 8.03. The molecule has 1 aromatic heterocycles. The second kappa shape index (κ2) is 7.66. The lowest BCUT2D eigenvalue weighted by Gasteiger charge is -2.36. The molecule has 0 bridgehead atoms. The summed E-state index contributed by atoms with van der Waals surface area (Å²) in [5.41, 5.74) is 0.716. The molecule has 0 aliphatic carbocycles. The molecule has 0 amide bonds. The van der Waals surface area contributed by atoms with E-state index < -0.39 is 8.32 Å². The molecule has 0 fully saturated rings. The van der Waals surface area contributed by atoms with Gasteiger partial charge in [0.2, 0.25) is 0 Å². The van der Waals surface area contributed by atoms with Crippen molar-refractivity contribution in [2.24, 2.45) is 0 Å². The van der Waals surface area contributed by atoms with E-state index in [0.717, 1.165) is 25.0 Å². The smallest absolute Gasteiger partial charge is 0.261 e. The van der Waals surface area contributed by atoms with Crippen molar-refractivity contribution in [2.75, 3.05) is 6.61 Å². The van der Waals surface area contributed by atoms with Crippen LogP contribution in [-0.4, -0.2) is 24.5 Å². The van der Waals surface area contributed by atoms with Crippen LogP contribution in [0.4, 0.5) is 0 Å². The van der Waals surface area contributed by atoms with E-state index in [2.05, 4.69) is 45.4 Å². The molecule has 2 rings (SSSR count). The number of fused-ring (bicyclic) bond motifs is 1. The zero-order valence-corrected chi connectivity index (χ0v) is 17.1. The van der Waals surface area contributed by atoms with Gasteiger partial charge in [-0.25, -0.2) is 4.98 Å². The van der Waals surface area contributed by atoms with Gasteiger partial charge in [-0.1, -0.05) is 39.0 Å². The molecule has 0 unspecified atom stereocenters. The highest BCUT2D eigenvalue weighted by atomic mass is 28.4. The quantitative estimate of drug-likeness (QED) is 0.401. The van der Waals surface area contributed by atoms with Gasteiger partial charge in [0.1, 0.15) is 0 Å². The number of aromatic nitrogens is 2. The maximum absolute atomic E-state index is 12.7. The molecule has 0 aliphatic rings. The average Bonchev–Trinajstić information content (AvgIpc) is 2.55. The number of allylic oxidation sites excluding steroid dienone is 1. The Morgan fingerprint density at radius 2 is 2.00 bits per heavy atom. The minimum atomic E-state index is -1.72. The van der Waals surface area contributed by atoms with Crippen LogP contribution >= 0.6 is 0 Å². The van der Waals surface area contributed by atoms with Crippen molar-refractivity contribution in [1.82, 2.24) is 9.55 Å². The Labute approximate surface area is 151 Å². The summed E-state index contributed by atoms with van der Waals surface area (Å²) in [7, 11) is -1.72. The highest BCUT2D eigenvalue weighted by Gasteiger charge is 2.36. The molecule has 0 N–H and O–H groups in total. The number of rotatable bonds is 7. The highest BCUT2D eigenvalue weighted by Crippen LogP contribution is 2.36. The molecular formula is C20H30N2O2Si. The van der Waals surface area contributed by atoms with Gasteiger partial charge in [-0.2, -0.15) is 0 Å². The Morgan fingerprint density at radius 3 is 2.64 bits per heavy atom. The van der Waals surface area contributed by atoms with Crippen LogP contribution in [0.3, 0.4) is 0 Å². The van der Waals surface area contributed by atoms with Crippen LogP contribution in [0.2, 0.25) is 18.1 Å². The van der Waals surface area contributed by atoms with Crippen LogP contribution in [0.15, 0.2) is 48.0 Å². The summed E-state index contributed by atoms with van der Waals surface area (Å²) in [6.07, 6.45) is 5.16. The minimum Gasteiger partial charge on any atom is -0.417 e. The predicted molar refractivity (Wildman–Crippen MR) is 108 cm³/mol. The molecular weight excluding hydrogens is 328 g/mol. The fourth-order valence-electron chi connectivity index (χ4n) is 2.53. The number of hydrogen-bond donors (Lipinski definition) is 0. The van der Waals surface area contributed by atoms with E-state index in [1.165, 1.54) is 0 Å². The molecule has 1 atom stereocenters. The molecule has 136 valence electrons. The van der Waals surface area contributed by atoms with Gasteiger partial charge in [-0.15, -0.1) is 6.58 Å². The van der Waals surface area contributed by atoms with E-state index in [4.69, 9.17) is 4.43 Å². The molecule has 1 aromatic carbocycles. The normalized spacial score (nSPS) is 13.8. The summed E-state index contributed by atoms with van der Waals surface area (Å²) in [6, 6.07) is 7.38. The van der Waals surface area contributed by atoms with E-state index in [9.17, 15) is 4.79 Å². The van der Waals surface area contributed by atoms with Crippen LogP contribution in [0.5, 0.6) is 0 Å². The fourth-order valence-corrected chi connectivity index (χ4v) is 3.61. The molecule has 4 nitrogen and oxygen atoms in total. The molecule has 0 saturated heterocycles. The van der Waals surface area contributed by atoms with Gasteiger partial charge >= 0.3 is 0 Å². The molecule has 0 radical (unpaired) electrons. The summed E-state index contributed by atoms with van der Waals surface area (Å²) < 4.78 is 7.91. The molecule has 5 heteroatoms. The summed E-state index contributed by atoms with van der Waals surface area (Å²) >= 11 is 0. The van der Waals surface area contributed by atoms with Crippen molar-refractivity contribution in [3.63, 3.8) is 0 Å². The SMILES string of the molecule is C=C[C@@H](CCCO[Si](C)(C)C(C)(C)C)n1cnc2ccccc2c1=O. The van der Waals surface area contributed by atoms with Crippen molar-refractivity contribution < 1.29 is 4.43 Å². The molecule has 0 aliphatic heterocycles. The maximum atomic E-state index is 12.7. The van der Waals surface area contributed by atoms with Gasteiger partial charge in [0.15, 0.2) is 8.32 Å². The summed E-state index contributed by atoms with van der Waals surface area (Å²) in [4.78, 5) is 17.1. The van der Waals surface area contributed by atoms with Crippen LogP contribution in [-0.2, 0) is 4.43 Å². The molecule has 1 heterocycles. The first kappa shape index (κ1) is 19.6. The van der Waals surface area contributed by atoms with Crippen LogP contribution < -0.4 is 5.56 Å². The molecule has 0 spiro atoms. The third-order valence-corrected chi connectivity index (χ3v) is 9.77. The number of hydrogen-bond acceptors (Lipinski definition) is 3. The topological polar surface area (TPSA) is 44.1 Å².